The van der Waals surface area contributed by atoms with Crippen LogP contribution in [0.3, 0.4) is 0 Å². The van der Waals surface area contributed by atoms with Gasteiger partial charge in [-0.15, -0.1) is 0 Å². The molecule has 0 spiro atoms. The molecule has 3 aliphatic rings. The first-order chi connectivity index (χ1) is 15.2. The van der Waals surface area contributed by atoms with Crippen molar-refractivity contribution in [1.29, 1.82) is 0 Å². The Hall–Kier alpha value is -2.81. The molecular formula is C23H30N8O. The summed E-state index contributed by atoms with van der Waals surface area (Å²) in [6.07, 6.45) is 5.91. The number of anilines is 2. The highest BCUT2D eigenvalue weighted by atomic mass is 16.5. The van der Waals surface area contributed by atoms with Gasteiger partial charge in [-0.3, -0.25) is 0 Å². The number of imidazole rings is 1. The fourth-order valence-electron chi connectivity index (χ4n) is 5.99. The van der Waals surface area contributed by atoms with E-state index in [-0.39, 0.29) is 5.95 Å². The standard InChI is InChI=1S/C23H30N8O/c1-22(2)7-13-11-30(12-14(13)8-22)18-16-19(31-5-6-32-23(3,4)20(31)27-16)29-17(28-18)15-9-25-21(24)26-10-15/h9-10,13-14H,5-8,11-12H2,1-4H3,(H2,24,25,26). The molecule has 9 heteroatoms. The monoisotopic (exact) mass is 434 g/mol. The Labute approximate surface area is 187 Å². The van der Waals surface area contributed by atoms with E-state index in [9.17, 15) is 0 Å². The summed E-state index contributed by atoms with van der Waals surface area (Å²) in [5, 5.41) is 0. The van der Waals surface area contributed by atoms with E-state index in [1.165, 1.54) is 12.8 Å². The van der Waals surface area contributed by atoms with Crippen molar-refractivity contribution in [3.8, 4) is 11.4 Å². The molecule has 6 rings (SSSR count). The normalized spacial score (nSPS) is 25.8. The molecule has 2 aliphatic heterocycles. The maximum Gasteiger partial charge on any atom is 0.219 e. The molecule has 32 heavy (non-hydrogen) atoms. The van der Waals surface area contributed by atoms with Crippen LogP contribution in [0.2, 0.25) is 0 Å². The fourth-order valence-corrected chi connectivity index (χ4v) is 5.99. The van der Waals surface area contributed by atoms with Gasteiger partial charge in [0.15, 0.2) is 22.8 Å². The largest absolute Gasteiger partial charge is 0.368 e. The van der Waals surface area contributed by atoms with Crippen LogP contribution in [0.4, 0.5) is 11.8 Å². The number of hydrogen-bond donors (Lipinski definition) is 1. The van der Waals surface area contributed by atoms with Crippen LogP contribution in [-0.2, 0) is 16.9 Å². The third-order valence-corrected chi connectivity index (χ3v) is 7.33. The molecule has 9 nitrogen and oxygen atoms in total. The first-order valence-corrected chi connectivity index (χ1v) is 11.5. The van der Waals surface area contributed by atoms with Gasteiger partial charge in [-0.25, -0.2) is 24.9 Å². The van der Waals surface area contributed by atoms with Gasteiger partial charge in [0.1, 0.15) is 11.4 Å². The van der Waals surface area contributed by atoms with E-state index >= 15 is 0 Å². The Morgan fingerprint density at radius 3 is 2.38 bits per heavy atom. The second-order valence-corrected chi connectivity index (χ2v) is 10.8. The molecule has 0 amide bonds. The summed E-state index contributed by atoms with van der Waals surface area (Å²) in [6, 6.07) is 0. The zero-order valence-electron chi connectivity index (χ0n) is 19.2. The van der Waals surface area contributed by atoms with Gasteiger partial charge < -0.3 is 19.9 Å². The minimum absolute atomic E-state index is 0.241. The lowest BCUT2D eigenvalue weighted by atomic mass is 9.90. The van der Waals surface area contributed by atoms with Gasteiger partial charge in [-0.05, 0) is 43.9 Å². The molecule has 0 aromatic carbocycles. The second kappa shape index (κ2) is 6.60. The lowest BCUT2D eigenvalue weighted by Crippen LogP contribution is -2.33. The lowest BCUT2D eigenvalue weighted by Gasteiger charge is -2.30. The van der Waals surface area contributed by atoms with Crippen molar-refractivity contribution in [1.82, 2.24) is 29.5 Å². The first-order valence-electron chi connectivity index (χ1n) is 11.5. The predicted molar refractivity (Wildman–Crippen MR) is 122 cm³/mol. The Morgan fingerprint density at radius 2 is 1.69 bits per heavy atom. The number of nitrogens with zero attached hydrogens (tertiary/aromatic N) is 7. The number of rotatable bonds is 2. The van der Waals surface area contributed by atoms with Crippen LogP contribution in [0.15, 0.2) is 12.4 Å². The molecule has 1 aliphatic carbocycles. The summed E-state index contributed by atoms with van der Waals surface area (Å²) in [6.45, 7) is 12.3. The first kappa shape index (κ1) is 19.8. The number of aromatic nitrogens is 6. The van der Waals surface area contributed by atoms with Crippen LogP contribution >= 0.6 is 0 Å². The lowest BCUT2D eigenvalue weighted by molar-refractivity contribution is -0.0530. The fraction of sp³-hybridized carbons (Fsp3) is 0.609. The van der Waals surface area contributed by atoms with Crippen molar-refractivity contribution < 1.29 is 4.74 Å². The molecule has 3 aromatic heterocycles. The number of nitrogens with two attached hydrogens (primary N) is 1. The van der Waals surface area contributed by atoms with E-state index < -0.39 is 5.60 Å². The van der Waals surface area contributed by atoms with E-state index in [0.29, 0.717) is 29.7 Å². The number of fused-ring (bicyclic) bond motifs is 4. The number of ether oxygens (including phenoxy) is 1. The van der Waals surface area contributed by atoms with Crippen LogP contribution in [0.5, 0.6) is 0 Å². The quantitative estimate of drug-likeness (QED) is 0.656. The summed E-state index contributed by atoms with van der Waals surface area (Å²) >= 11 is 0. The van der Waals surface area contributed by atoms with E-state index in [1.807, 2.05) is 0 Å². The van der Waals surface area contributed by atoms with Crippen molar-refractivity contribution in [2.24, 2.45) is 17.3 Å². The maximum atomic E-state index is 6.02. The third-order valence-electron chi connectivity index (χ3n) is 7.33. The van der Waals surface area contributed by atoms with Crippen LogP contribution in [0, 0.1) is 17.3 Å². The van der Waals surface area contributed by atoms with Gasteiger partial charge >= 0.3 is 0 Å². The maximum absolute atomic E-state index is 6.02. The smallest absolute Gasteiger partial charge is 0.219 e. The summed E-state index contributed by atoms with van der Waals surface area (Å²) in [7, 11) is 0. The molecule has 5 heterocycles. The van der Waals surface area contributed by atoms with Crippen LogP contribution in [0.25, 0.3) is 22.6 Å². The van der Waals surface area contributed by atoms with Gasteiger partial charge in [0, 0.05) is 32.0 Å². The summed E-state index contributed by atoms with van der Waals surface area (Å²) in [4.78, 5) is 25.7. The van der Waals surface area contributed by atoms with Gasteiger partial charge in [0.2, 0.25) is 5.95 Å². The highest BCUT2D eigenvalue weighted by molar-refractivity contribution is 5.86. The SMILES string of the molecule is CC1(C)CC2CN(c3nc(-c4cnc(N)nc4)nc4c3nc3n4CCOC3(C)C)CC2C1. The van der Waals surface area contributed by atoms with Gasteiger partial charge in [-0.2, -0.15) is 0 Å². The van der Waals surface area contributed by atoms with Gasteiger partial charge in [0.25, 0.3) is 0 Å². The minimum atomic E-state index is -0.466. The van der Waals surface area contributed by atoms with E-state index in [2.05, 4.69) is 47.1 Å². The Kier molecular flexibility index (Phi) is 4.09. The van der Waals surface area contributed by atoms with Crippen LogP contribution < -0.4 is 10.6 Å². The van der Waals surface area contributed by atoms with Crippen LogP contribution in [-0.4, -0.2) is 49.2 Å². The molecule has 1 saturated heterocycles. The highest BCUT2D eigenvalue weighted by Gasteiger charge is 2.45. The van der Waals surface area contributed by atoms with Gasteiger partial charge in [0.05, 0.1) is 12.2 Å². The summed E-state index contributed by atoms with van der Waals surface area (Å²) in [5.41, 5.74) is 8.14. The summed E-state index contributed by atoms with van der Waals surface area (Å²) in [5.74, 6) is 4.07. The number of nitrogen functional groups attached to an aromatic ring is 1. The average molecular weight is 435 g/mol. The van der Waals surface area contributed by atoms with Crippen molar-refractivity contribution in [3.05, 3.63) is 18.2 Å². The molecule has 2 atom stereocenters. The van der Waals surface area contributed by atoms with E-state index in [4.69, 9.17) is 25.4 Å². The molecule has 0 bridgehead atoms. The van der Waals surface area contributed by atoms with Gasteiger partial charge in [-0.1, -0.05) is 13.8 Å². The number of hydrogen-bond acceptors (Lipinski definition) is 8. The van der Waals surface area contributed by atoms with E-state index in [0.717, 1.165) is 48.0 Å². The molecule has 2 N–H and O–H groups in total. The zero-order chi connectivity index (χ0) is 22.3. The summed E-state index contributed by atoms with van der Waals surface area (Å²) < 4.78 is 8.21. The molecule has 168 valence electrons. The molecular weight excluding hydrogens is 404 g/mol. The van der Waals surface area contributed by atoms with Crippen LogP contribution in [0.1, 0.15) is 46.4 Å². The minimum Gasteiger partial charge on any atom is -0.368 e. The van der Waals surface area contributed by atoms with Crippen molar-refractivity contribution >= 4 is 22.9 Å². The molecule has 1 saturated carbocycles. The van der Waals surface area contributed by atoms with Crippen molar-refractivity contribution in [3.63, 3.8) is 0 Å². The molecule has 3 aromatic rings. The van der Waals surface area contributed by atoms with Crippen molar-refractivity contribution in [2.75, 3.05) is 30.3 Å². The highest BCUT2D eigenvalue weighted by Crippen LogP contribution is 2.49. The topological polar surface area (TPSA) is 108 Å². The Morgan fingerprint density at radius 1 is 1.00 bits per heavy atom. The molecule has 2 fully saturated rings. The molecule has 2 unspecified atom stereocenters. The Bertz CT molecular complexity index is 1180. The average Bonchev–Trinajstić information content (AvgIpc) is 3.37. The van der Waals surface area contributed by atoms with Crippen molar-refractivity contribution in [2.45, 2.75) is 52.7 Å². The Balaban J connectivity index is 1.50. The zero-order valence-corrected chi connectivity index (χ0v) is 19.2. The predicted octanol–water partition coefficient (Wildman–Crippen LogP) is 3.00. The molecule has 0 radical (unpaired) electrons. The van der Waals surface area contributed by atoms with E-state index in [1.54, 1.807) is 12.4 Å². The third kappa shape index (κ3) is 3.05. The second-order valence-electron chi connectivity index (χ2n) is 10.8.